The maximum Gasteiger partial charge on any atom is 0.324 e. The first-order chi connectivity index (χ1) is 8.60. The van der Waals surface area contributed by atoms with Crippen molar-refractivity contribution >= 4 is 13.5 Å². The van der Waals surface area contributed by atoms with Crippen LogP contribution in [-0.2, 0) is 4.79 Å². The van der Waals surface area contributed by atoms with Gasteiger partial charge in [-0.05, 0) is 38.1 Å². The van der Waals surface area contributed by atoms with Crippen molar-refractivity contribution in [1.29, 1.82) is 0 Å². The Morgan fingerprint density at radius 3 is 3.00 bits per heavy atom. The van der Waals surface area contributed by atoms with Crippen molar-refractivity contribution in [3.8, 4) is 0 Å². The van der Waals surface area contributed by atoms with Gasteiger partial charge in [-0.2, -0.15) is 0 Å². The number of carbonyl (C=O) groups is 1. The van der Waals surface area contributed by atoms with Crippen molar-refractivity contribution in [3.63, 3.8) is 0 Å². The van der Waals surface area contributed by atoms with Crippen LogP contribution in [0.15, 0.2) is 0 Å². The zero-order valence-electron chi connectivity index (χ0n) is 10.8. The molecule has 5 N–H and O–H groups in total. The predicted octanol–water partition coefficient (Wildman–Crippen LogP) is -0.301. The van der Waals surface area contributed by atoms with Crippen LogP contribution in [-0.4, -0.2) is 41.7 Å². The number of fused-ring (bicyclic) bond motifs is 1. The van der Waals surface area contributed by atoms with Crippen molar-refractivity contribution in [2.24, 2.45) is 17.6 Å². The normalized spacial score (nSPS) is 39.3. The highest BCUT2D eigenvalue weighted by Gasteiger charge is 2.57. The lowest BCUT2D eigenvalue weighted by Gasteiger charge is -2.36. The highest BCUT2D eigenvalue weighted by molar-refractivity contribution is 6.25. The number of hydrogen-bond acceptors (Lipinski definition) is 4. The molecule has 4 atom stereocenters. The SMILES string of the molecule is NC1(C(=O)O)C(CCCBO)CC2NCCCC21. The molecule has 1 aliphatic carbocycles. The molecule has 18 heavy (non-hydrogen) atoms. The second-order valence-corrected chi connectivity index (χ2v) is 5.70. The summed E-state index contributed by atoms with van der Waals surface area (Å²) in [5.74, 6) is -0.766. The van der Waals surface area contributed by atoms with Crippen LogP contribution in [0.5, 0.6) is 0 Å². The fraction of sp³-hybridized carbons (Fsp3) is 0.917. The van der Waals surface area contributed by atoms with Crippen LogP contribution >= 0.6 is 0 Å². The summed E-state index contributed by atoms with van der Waals surface area (Å²) >= 11 is 0. The molecule has 1 heterocycles. The van der Waals surface area contributed by atoms with E-state index in [1.165, 1.54) is 0 Å². The second-order valence-electron chi connectivity index (χ2n) is 5.70. The lowest BCUT2D eigenvalue weighted by atomic mass is 9.75. The molecule has 1 aliphatic heterocycles. The van der Waals surface area contributed by atoms with Gasteiger partial charge in [0.15, 0.2) is 0 Å². The lowest BCUT2D eigenvalue weighted by molar-refractivity contribution is -0.147. The van der Waals surface area contributed by atoms with E-state index in [-0.39, 0.29) is 25.4 Å². The van der Waals surface area contributed by atoms with Gasteiger partial charge in [-0.1, -0.05) is 12.7 Å². The van der Waals surface area contributed by atoms with E-state index >= 15 is 0 Å². The number of carboxylic acids is 1. The highest BCUT2D eigenvalue weighted by atomic mass is 16.4. The summed E-state index contributed by atoms with van der Waals surface area (Å²) in [5.41, 5.74) is 5.21. The Bertz CT molecular complexity index is 316. The van der Waals surface area contributed by atoms with Crippen LogP contribution in [0.4, 0.5) is 0 Å². The van der Waals surface area contributed by atoms with Gasteiger partial charge in [-0.15, -0.1) is 0 Å². The summed E-state index contributed by atoms with van der Waals surface area (Å²) < 4.78 is 0. The summed E-state index contributed by atoms with van der Waals surface area (Å²) in [6.45, 7) is 0.972. The predicted molar refractivity (Wildman–Crippen MR) is 70.6 cm³/mol. The van der Waals surface area contributed by atoms with Crippen molar-refractivity contribution in [2.45, 2.75) is 50.0 Å². The summed E-state index contributed by atoms with van der Waals surface area (Å²) in [6.07, 6.45) is 5.17. The van der Waals surface area contributed by atoms with Crippen LogP contribution in [0.3, 0.4) is 0 Å². The van der Waals surface area contributed by atoms with Crippen molar-refractivity contribution in [2.75, 3.05) is 6.54 Å². The topological polar surface area (TPSA) is 95.6 Å². The number of aliphatic carboxylic acids is 1. The van der Waals surface area contributed by atoms with Crippen LogP contribution in [0.25, 0.3) is 0 Å². The smallest absolute Gasteiger partial charge is 0.324 e. The molecule has 2 rings (SSSR count). The molecule has 2 fully saturated rings. The van der Waals surface area contributed by atoms with E-state index in [4.69, 9.17) is 10.8 Å². The van der Waals surface area contributed by atoms with E-state index in [2.05, 4.69) is 5.32 Å². The van der Waals surface area contributed by atoms with Crippen LogP contribution < -0.4 is 11.1 Å². The van der Waals surface area contributed by atoms with Crippen LogP contribution in [0, 0.1) is 11.8 Å². The Labute approximate surface area is 108 Å². The minimum Gasteiger partial charge on any atom is -0.480 e. The van der Waals surface area contributed by atoms with E-state index in [1.807, 2.05) is 0 Å². The van der Waals surface area contributed by atoms with Gasteiger partial charge >= 0.3 is 5.97 Å². The fourth-order valence-electron chi connectivity index (χ4n) is 3.77. The minimum absolute atomic E-state index is 0.0298. The van der Waals surface area contributed by atoms with E-state index < -0.39 is 11.5 Å². The van der Waals surface area contributed by atoms with E-state index in [0.29, 0.717) is 0 Å². The third kappa shape index (κ3) is 2.29. The summed E-state index contributed by atoms with van der Waals surface area (Å²) in [4.78, 5) is 11.6. The molecule has 0 amide bonds. The van der Waals surface area contributed by atoms with E-state index in [9.17, 15) is 9.90 Å². The first kappa shape index (κ1) is 13.8. The quantitative estimate of drug-likeness (QED) is 0.399. The van der Waals surface area contributed by atoms with Gasteiger partial charge < -0.3 is 21.2 Å². The molecule has 0 radical (unpaired) electrons. The number of piperidine rings is 1. The van der Waals surface area contributed by atoms with Gasteiger partial charge in [0.1, 0.15) is 5.54 Å². The molecule has 2 aliphatic rings. The molecule has 0 aromatic carbocycles. The first-order valence-corrected chi connectivity index (χ1v) is 6.97. The molecule has 4 unspecified atom stereocenters. The number of hydrogen-bond donors (Lipinski definition) is 4. The molecule has 0 spiro atoms. The van der Waals surface area contributed by atoms with Gasteiger partial charge in [-0.25, -0.2) is 0 Å². The average Bonchev–Trinajstić information content (AvgIpc) is 2.65. The molecule has 0 aromatic rings. The third-order valence-corrected chi connectivity index (χ3v) is 4.74. The standard InChI is InChI=1S/C12H23BN2O3/c14-12(11(16)17)8(3-1-5-13-18)7-10-9(12)4-2-6-15-10/h8-10,13,15,18H,1-7,14H2,(H,16,17). The largest absolute Gasteiger partial charge is 0.480 e. The van der Waals surface area contributed by atoms with E-state index in [1.54, 1.807) is 0 Å². The first-order valence-electron chi connectivity index (χ1n) is 6.97. The monoisotopic (exact) mass is 254 g/mol. The van der Waals surface area contributed by atoms with Crippen molar-refractivity contribution in [3.05, 3.63) is 0 Å². The molecule has 1 saturated heterocycles. The van der Waals surface area contributed by atoms with Gasteiger partial charge in [0.2, 0.25) is 0 Å². The lowest BCUT2D eigenvalue weighted by Crippen LogP contribution is -2.59. The Morgan fingerprint density at radius 1 is 1.56 bits per heavy atom. The molecule has 6 heteroatoms. The van der Waals surface area contributed by atoms with Crippen LogP contribution in [0.2, 0.25) is 6.32 Å². The Balaban J connectivity index is 2.10. The number of carboxylic acid groups (broad SMARTS) is 1. The maximum atomic E-state index is 11.6. The zero-order valence-corrected chi connectivity index (χ0v) is 10.8. The van der Waals surface area contributed by atoms with Gasteiger partial charge in [0, 0.05) is 12.0 Å². The molecular formula is C12H23BN2O3. The summed E-state index contributed by atoms with van der Waals surface area (Å²) in [7, 11) is 0.169. The Morgan fingerprint density at radius 2 is 2.33 bits per heavy atom. The fourth-order valence-corrected chi connectivity index (χ4v) is 3.77. The summed E-state index contributed by atoms with van der Waals surface area (Å²) in [6, 6.07) is 0.263. The summed E-state index contributed by atoms with van der Waals surface area (Å²) in [5, 5.41) is 21.8. The second kappa shape index (κ2) is 5.59. The number of rotatable bonds is 5. The third-order valence-electron chi connectivity index (χ3n) is 4.74. The van der Waals surface area contributed by atoms with Crippen molar-refractivity contribution in [1.82, 2.24) is 5.32 Å². The zero-order chi connectivity index (χ0) is 13.2. The van der Waals surface area contributed by atoms with Crippen molar-refractivity contribution < 1.29 is 14.9 Å². The molecule has 102 valence electrons. The molecular weight excluding hydrogens is 231 g/mol. The Kier molecular flexibility index (Phi) is 4.30. The number of nitrogens with two attached hydrogens (primary N) is 1. The maximum absolute atomic E-state index is 11.6. The Hall–Kier alpha value is -0.585. The van der Waals surface area contributed by atoms with Gasteiger partial charge in [-0.3, -0.25) is 4.79 Å². The van der Waals surface area contributed by atoms with E-state index in [0.717, 1.165) is 45.0 Å². The average molecular weight is 254 g/mol. The molecule has 0 bridgehead atoms. The molecule has 0 aromatic heterocycles. The molecule has 1 saturated carbocycles. The van der Waals surface area contributed by atoms with Gasteiger partial charge in [0.05, 0.1) is 0 Å². The molecule has 5 nitrogen and oxygen atoms in total. The van der Waals surface area contributed by atoms with Gasteiger partial charge in [0.25, 0.3) is 7.48 Å². The minimum atomic E-state index is -1.08. The van der Waals surface area contributed by atoms with Crippen LogP contribution in [0.1, 0.15) is 32.1 Å². The highest BCUT2D eigenvalue weighted by Crippen LogP contribution is 2.45. The number of nitrogens with one attached hydrogen (secondary N) is 1.